The molecule has 4 nitrogen and oxygen atoms in total. The summed E-state index contributed by atoms with van der Waals surface area (Å²) in [6.07, 6.45) is 1.21. The fourth-order valence-electron chi connectivity index (χ4n) is 1.88. The van der Waals surface area contributed by atoms with Gasteiger partial charge < -0.3 is 15.8 Å². The van der Waals surface area contributed by atoms with Crippen molar-refractivity contribution in [1.29, 1.82) is 0 Å². The Bertz CT molecular complexity index is 431. The molecule has 3 N–H and O–H groups in total. The molecule has 17 heavy (non-hydrogen) atoms. The first-order chi connectivity index (χ1) is 8.10. The highest BCUT2D eigenvalue weighted by Gasteiger charge is 2.32. The van der Waals surface area contributed by atoms with Gasteiger partial charge in [0, 0.05) is 23.9 Å². The number of ether oxygens (including phenoxy) is 1. The average molecular weight is 234 g/mol. The first-order valence-electron chi connectivity index (χ1n) is 5.83. The summed E-state index contributed by atoms with van der Waals surface area (Å²) in [4.78, 5) is 11.9. The Balaban J connectivity index is 2.00. The van der Waals surface area contributed by atoms with E-state index < -0.39 is 0 Å². The van der Waals surface area contributed by atoms with Crippen LogP contribution in [0.1, 0.15) is 23.7 Å². The average Bonchev–Trinajstić information content (AvgIpc) is 3.01. The van der Waals surface area contributed by atoms with Crippen LogP contribution in [-0.2, 0) is 0 Å². The zero-order valence-electron chi connectivity index (χ0n) is 10.2. The van der Waals surface area contributed by atoms with Crippen molar-refractivity contribution in [2.24, 2.45) is 11.8 Å². The Labute approximate surface area is 101 Å². The molecule has 2 atom stereocenters. The Hall–Kier alpha value is -1.71. The number of carbonyl (C=O) groups is 1. The van der Waals surface area contributed by atoms with Crippen molar-refractivity contribution in [3.63, 3.8) is 0 Å². The van der Waals surface area contributed by atoms with Gasteiger partial charge in [-0.2, -0.15) is 0 Å². The normalized spacial score (nSPS) is 22.0. The number of amides is 1. The van der Waals surface area contributed by atoms with Crippen molar-refractivity contribution >= 4 is 11.6 Å². The Morgan fingerprint density at radius 2 is 2.24 bits per heavy atom. The maximum Gasteiger partial charge on any atom is 0.251 e. The Kier molecular flexibility index (Phi) is 3.22. The maximum absolute atomic E-state index is 11.9. The van der Waals surface area contributed by atoms with E-state index in [0.29, 0.717) is 22.9 Å². The third-order valence-corrected chi connectivity index (χ3v) is 3.23. The van der Waals surface area contributed by atoms with Crippen molar-refractivity contribution in [3.05, 3.63) is 23.8 Å². The van der Waals surface area contributed by atoms with E-state index in [1.165, 1.54) is 6.42 Å². The minimum atomic E-state index is -0.0882. The number of hydrogen-bond donors (Lipinski definition) is 2. The number of methoxy groups -OCH3 is 1. The third-order valence-electron chi connectivity index (χ3n) is 3.23. The number of nitrogens with one attached hydrogen (secondary N) is 1. The molecule has 2 rings (SSSR count). The number of hydrogen-bond acceptors (Lipinski definition) is 3. The number of nitrogen functional groups attached to an aromatic ring is 1. The van der Waals surface area contributed by atoms with E-state index in [4.69, 9.17) is 10.5 Å². The molecule has 1 fully saturated rings. The molecule has 0 heterocycles. The smallest absolute Gasteiger partial charge is 0.251 e. The number of rotatable bonds is 4. The molecule has 1 aliphatic carbocycles. The molecule has 1 aliphatic rings. The first kappa shape index (κ1) is 11.8. The molecule has 0 aromatic heterocycles. The van der Waals surface area contributed by atoms with Crippen LogP contribution < -0.4 is 15.8 Å². The number of carbonyl (C=O) groups excluding carboxylic acids is 1. The standard InChI is InChI=1S/C13H18N2O2/c1-8-3-10(8)7-15-13(16)9-4-11(14)6-12(5-9)17-2/h4-6,8,10H,3,7,14H2,1-2H3,(H,15,16). The SMILES string of the molecule is COc1cc(N)cc(C(=O)NCC2CC2C)c1. The van der Waals surface area contributed by atoms with Gasteiger partial charge in [-0.25, -0.2) is 0 Å². The van der Waals surface area contributed by atoms with Gasteiger partial charge in [0.25, 0.3) is 5.91 Å². The third kappa shape index (κ3) is 2.90. The van der Waals surface area contributed by atoms with E-state index in [0.717, 1.165) is 12.5 Å². The fourth-order valence-corrected chi connectivity index (χ4v) is 1.88. The molecular weight excluding hydrogens is 216 g/mol. The zero-order valence-corrected chi connectivity index (χ0v) is 10.2. The molecule has 1 aromatic rings. The summed E-state index contributed by atoms with van der Waals surface area (Å²) < 4.78 is 5.08. The summed E-state index contributed by atoms with van der Waals surface area (Å²) in [6, 6.07) is 5.05. The van der Waals surface area contributed by atoms with E-state index >= 15 is 0 Å². The van der Waals surface area contributed by atoms with E-state index in [1.54, 1.807) is 25.3 Å². The van der Waals surface area contributed by atoms with Gasteiger partial charge in [-0.3, -0.25) is 4.79 Å². The van der Waals surface area contributed by atoms with Crippen molar-refractivity contribution in [1.82, 2.24) is 5.32 Å². The van der Waals surface area contributed by atoms with Gasteiger partial charge in [-0.05, 0) is 30.4 Å². The van der Waals surface area contributed by atoms with Crippen LogP contribution in [0.4, 0.5) is 5.69 Å². The summed E-state index contributed by atoms with van der Waals surface area (Å²) in [6.45, 7) is 2.94. The predicted octanol–water partition coefficient (Wildman–Crippen LogP) is 1.66. The van der Waals surface area contributed by atoms with Crippen molar-refractivity contribution in [3.8, 4) is 5.75 Å². The van der Waals surface area contributed by atoms with Gasteiger partial charge in [0.15, 0.2) is 0 Å². The highest BCUT2D eigenvalue weighted by molar-refractivity contribution is 5.95. The molecule has 2 unspecified atom stereocenters. The van der Waals surface area contributed by atoms with Crippen molar-refractivity contribution < 1.29 is 9.53 Å². The second-order valence-electron chi connectivity index (χ2n) is 4.68. The Morgan fingerprint density at radius 3 is 2.82 bits per heavy atom. The molecule has 1 saturated carbocycles. The van der Waals surface area contributed by atoms with Crippen molar-refractivity contribution in [2.45, 2.75) is 13.3 Å². The summed E-state index contributed by atoms with van der Waals surface area (Å²) >= 11 is 0. The lowest BCUT2D eigenvalue weighted by molar-refractivity contribution is 0.0951. The van der Waals surface area contributed by atoms with Crippen LogP contribution in [0.2, 0.25) is 0 Å². The van der Waals surface area contributed by atoms with Crippen LogP contribution in [0.15, 0.2) is 18.2 Å². The van der Waals surface area contributed by atoms with Crippen LogP contribution in [0.25, 0.3) is 0 Å². The lowest BCUT2D eigenvalue weighted by atomic mass is 10.1. The molecule has 0 aliphatic heterocycles. The molecule has 92 valence electrons. The van der Waals surface area contributed by atoms with Crippen LogP contribution in [0.5, 0.6) is 5.75 Å². The van der Waals surface area contributed by atoms with Crippen LogP contribution in [0.3, 0.4) is 0 Å². The highest BCUT2D eigenvalue weighted by atomic mass is 16.5. The monoisotopic (exact) mass is 234 g/mol. The summed E-state index contributed by atoms with van der Waals surface area (Å²) in [5.41, 5.74) is 6.79. The van der Waals surface area contributed by atoms with E-state index in [1.807, 2.05) is 0 Å². The van der Waals surface area contributed by atoms with Crippen LogP contribution in [0, 0.1) is 11.8 Å². The molecule has 0 saturated heterocycles. The van der Waals surface area contributed by atoms with Gasteiger partial charge >= 0.3 is 0 Å². The van der Waals surface area contributed by atoms with E-state index in [-0.39, 0.29) is 5.91 Å². The zero-order chi connectivity index (χ0) is 12.4. The number of benzene rings is 1. The minimum absolute atomic E-state index is 0.0882. The second-order valence-corrected chi connectivity index (χ2v) is 4.68. The highest BCUT2D eigenvalue weighted by Crippen LogP contribution is 2.36. The van der Waals surface area contributed by atoms with Gasteiger partial charge in [0.2, 0.25) is 0 Å². The lowest BCUT2D eigenvalue weighted by Gasteiger charge is -2.07. The van der Waals surface area contributed by atoms with Crippen LogP contribution >= 0.6 is 0 Å². The van der Waals surface area contributed by atoms with Gasteiger partial charge in [0.1, 0.15) is 5.75 Å². The fraction of sp³-hybridized carbons (Fsp3) is 0.462. The number of anilines is 1. The molecule has 4 heteroatoms. The molecular formula is C13H18N2O2. The number of nitrogens with two attached hydrogens (primary N) is 1. The molecule has 0 radical (unpaired) electrons. The van der Waals surface area contributed by atoms with E-state index in [2.05, 4.69) is 12.2 Å². The summed E-state index contributed by atoms with van der Waals surface area (Å²) in [5.74, 6) is 1.90. The molecule has 0 spiro atoms. The molecule has 1 amide bonds. The van der Waals surface area contributed by atoms with Gasteiger partial charge in [-0.15, -0.1) is 0 Å². The second kappa shape index (κ2) is 4.65. The van der Waals surface area contributed by atoms with Crippen molar-refractivity contribution in [2.75, 3.05) is 19.4 Å². The summed E-state index contributed by atoms with van der Waals surface area (Å²) in [7, 11) is 1.56. The lowest BCUT2D eigenvalue weighted by Crippen LogP contribution is -2.26. The Morgan fingerprint density at radius 1 is 1.53 bits per heavy atom. The van der Waals surface area contributed by atoms with E-state index in [9.17, 15) is 4.79 Å². The van der Waals surface area contributed by atoms with Gasteiger partial charge in [0.05, 0.1) is 7.11 Å². The first-order valence-corrected chi connectivity index (χ1v) is 5.83. The molecule has 1 aromatic carbocycles. The summed E-state index contributed by atoms with van der Waals surface area (Å²) in [5, 5.41) is 2.92. The largest absolute Gasteiger partial charge is 0.497 e. The molecule has 0 bridgehead atoms. The van der Waals surface area contributed by atoms with Gasteiger partial charge in [-0.1, -0.05) is 6.92 Å². The predicted molar refractivity (Wildman–Crippen MR) is 67.0 cm³/mol. The minimum Gasteiger partial charge on any atom is -0.497 e. The quantitative estimate of drug-likeness (QED) is 0.779. The maximum atomic E-state index is 11.9. The van der Waals surface area contributed by atoms with Crippen LogP contribution in [-0.4, -0.2) is 19.6 Å². The topological polar surface area (TPSA) is 64.3 Å².